The van der Waals surface area contributed by atoms with E-state index in [1.165, 1.54) is 24.3 Å². The molecule has 1 aliphatic heterocycles. The molecule has 0 aromatic heterocycles. The fourth-order valence-electron chi connectivity index (χ4n) is 2.82. The predicted octanol–water partition coefficient (Wildman–Crippen LogP) is 4.04. The van der Waals surface area contributed by atoms with Gasteiger partial charge in [-0.3, -0.25) is 0 Å². The van der Waals surface area contributed by atoms with E-state index in [-0.39, 0.29) is 11.5 Å². The summed E-state index contributed by atoms with van der Waals surface area (Å²) in [6.07, 6.45) is -0.253. The van der Waals surface area contributed by atoms with Crippen molar-refractivity contribution in [2.24, 2.45) is 5.92 Å². The van der Waals surface area contributed by atoms with Gasteiger partial charge in [-0.2, -0.15) is 0 Å². The monoisotopic (exact) mass is 337 g/mol. The summed E-state index contributed by atoms with van der Waals surface area (Å²) >= 11 is 0. The first-order chi connectivity index (χ1) is 11.2. The van der Waals surface area contributed by atoms with E-state index < -0.39 is 23.8 Å². The van der Waals surface area contributed by atoms with Gasteiger partial charge in [0.2, 0.25) is 0 Å². The molecule has 1 amide bonds. The van der Waals surface area contributed by atoms with Gasteiger partial charge >= 0.3 is 12.1 Å². The Morgan fingerprint density at radius 2 is 1.92 bits per heavy atom. The molecule has 1 saturated heterocycles. The number of piperidine rings is 1. The van der Waals surface area contributed by atoms with Crippen LogP contribution in [0.25, 0.3) is 0 Å². The molecule has 1 fully saturated rings. The van der Waals surface area contributed by atoms with Crippen LogP contribution in [-0.2, 0) is 4.74 Å². The van der Waals surface area contributed by atoms with Crippen LogP contribution in [0.1, 0.15) is 55.7 Å². The Kier molecular flexibility index (Phi) is 5.47. The van der Waals surface area contributed by atoms with E-state index in [2.05, 4.69) is 0 Å². The van der Waals surface area contributed by atoms with Gasteiger partial charge < -0.3 is 14.7 Å². The number of aromatic carboxylic acids is 1. The minimum absolute atomic E-state index is 0.130. The summed E-state index contributed by atoms with van der Waals surface area (Å²) in [6.45, 7) is 6.27. The second-order valence-electron chi connectivity index (χ2n) is 7.16. The number of halogens is 1. The molecule has 2 unspecified atom stereocenters. The maximum Gasteiger partial charge on any atom is 0.410 e. The number of rotatable bonds is 3. The van der Waals surface area contributed by atoms with Crippen molar-refractivity contribution >= 4 is 12.1 Å². The summed E-state index contributed by atoms with van der Waals surface area (Å²) < 4.78 is 20.2. The molecule has 1 aromatic carbocycles. The van der Waals surface area contributed by atoms with Gasteiger partial charge in [-0.15, -0.1) is 0 Å². The van der Waals surface area contributed by atoms with E-state index >= 15 is 0 Å². The Hall–Kier alpha value is -2.11. The second-order valence-corrected chi connectivity index (χ2v) is 7.16. The molecule has 0 saturated carbocycles. The highest BCUT2D eigenvalue weighted by atomic mass is 19.1. The second kappa shape index (κ2) is 7.20. The van der Waals surface area contributed by atoms with Crippen molar-refractivity contribution in [2.75, 3.05) is 13.1 Å². The lowest BCUT2D eigenvalue weighted by Gasteiger charge is -2.35. The van der Waals surface area contributed by atoms with Gasteiger partial charge in [0.25, 0.3) is 0 Å². The molecule has 0 radical (unpaired) electrons. The van der Waals surface area contributed by atoms with E-state index in [1.807, 2.05) is 0 Å². The number of alkyl halides is 1. The molecule has 2 rings (SSSR count). The molecule has 6 heteroatoms. The first-order valence-electron chi connectivity index (χ1n) is 8.12. The summed E-state index contributed by atoms with van der Waals surface area (Å²) in [5.41, 5.74) is -0.00719. The minimum Gasteiger partial charge on any atom is -0.478 e. The molecule has 5 nitrogen and oxygen atoms in total. The summed E-state index contributed by atoms with van der Waals surface area (Å²) in [6, 6.07) is 5.80. The van der Waals surface area contributed by atoms with E-state index in [4.69, 9.17) is 9.84 Å². The van der Waals surface area contributed by atoms with Crippen molar-refractivity contribution in [1.29, 1.82) is 0 Å². The average Bonchev–Trinajstić information content (AvgIpc) is 2.53. The molecule has 1 heterocycles. The summed E-state index contributed by atoms with van der Waals surface area (Å²) in [7, 11) is 0. The number of ether oxygens (including phenoxy) is 1. The van der Waals surface area contributed by atoms with Crippen LogP contribution in [0.15, 0.2) is 24.3 Å². The van der Waals surface area contributed by atoms with E-state index in [9.17, 15) is 14.0 Å². The topological polar surface area (TPSA) is 66.8 Å². The first-order valence-corrected chi connectivity index (χ1v) is 8.12. The third kappa shape index (κ3) is 4.69. The van der Waals surface area contributed by atoms with Gasteiger partial charge in [0.05, 0.1) is 5.56 Å². The van der Waals surface area contributed by atoms with Crippen LogP contribution in [0.2, 0.25) is 0 Å². The highest BCUT2D eigenvalue weighted by Gasteiger charge is 2.32. The maximum absolute atomic E-state index is 14.8. The van der Waals surface area contributed by atoms with Crippen molar-refractivity contribution in [3.63, 3.8) is 0 Å². The Labute approximate surface area is 141 Å². The highest BCUT2D eigenvalue weighted by Crippen LogP contribution is 2.33. The third-order valence-electron chi connectivity index (χ3n) is 4.00. The van der Waals surface area contributed by atoms with Gasteiger partial charge in [0.1, 0.15) is 11.8 Å². The number of carbonyl (C=O) groups excluding carboxylic acids is 1. The van der Waals surface area contributed by atoms with Crippen molar-refractivity contribution < 1.29 is 23.8 Å². The number of carboxylic acid groups (broad SMARTS) is 1. The Morgan fingerprint density at radius 1 is 1.29 bits per heavy atom. The molecule has 1 aromatic rings. The van der Waals surface area contributed by atoms with Crippen LogP contribution >= 0.6 is 0 Å². The van der Waals surface area contributed by atoms with Crippen LogP contribution in [-0.4, -0.2) is 40.8 Å². The molecule has 1 N–H and O–H groups in total. The molecular formula is C18H24FNO4. The summed E-state index contributed by atoms with van der Waals surface area (Å²) in [5.74, 6) is -1.35. The smallest absolute Gasteiger partial charge is 0.410 e. The number of benzene rings is 1. The molecule has 0 aliphatic carbocycles. The number of carboxylic acids is 1. The zero-order valence-corrected chi connectivity index (χ0v) is 14.3. The normalized spacial score (nSPS) is 19.7. The average molecular weight is 337 g/mol. The van der Waals surface area contributed by atoms with E-state index in [1.54, 1.807) is 25.7 Å². The minimum atomic E-state index is -1.24. The van der Waals surface area contributed by atoms with Gasteiger partial charge in [0.15, 0.2) is 0 Å². The molecule has 1 aliphatic rings. The van der Waals surface area contributed by atoms with Crippen molar-refractivity contribution in [1.82, 2.24) is 4.90 Å². The lowest BCUT2D eigenvalue weighted by Crippen LogP contribution is -2.43. The molecule has 132 valence electrons. The van der Waals surface area contributed by atoms with Crippen molar-refractivity contribution in [3.05, 3.63) is 35.4 Å². The third-order valence-corrected chi connectivity index (χ3v) is 4.00. The Bertz CT molecular complexity index is 594. The SMILES string of the molecule is CC(C)(C)OC(=O)N1CCCC(C(F)c2ccc(C(=O)O)cc2)C1. The fourth-order valence-corrected chi connectivity index (χ4v) is 2.82. The molecule has 0 spiro atoms. The van der Waals surface area contributed by atoms with Gasteiger partial charge in [-0.1, -0.05) is 12.1 Å². The van der Waals surface area contributed by atoms with Crippen LogP contribution in [0.3, 0.4) is 0 Å². The summed E-state index contributed by atoms with van der Waals surface area (Å²) in [5, 5.41) is 8.90. The lowest BCUT2D eigenvalue weighted by atomic mass is 9.89. The van der Waals surface area contributed by atoms with E-state index in [0.717, 1.165) is 6.42 Å². The molecule has 24 heavy (non-hydrogen) atoms. The number of amides is 1. The first kappa shape index (κ1) is 18.2. The van der Waals surface area contributed by atoms with Crippen LogP contribution in [0.5, 0.6) is 0 Å². The summed E-state index contributed by atoms with van der Waals surface area (Å²) in [4.78, 5) is 24.6. The molecule has 0 bridgehead atoms. The predicted molar refractivity (Wildman–Crippen MR) is 87.8 cm³/mol. The number of hydrogen-bond acceptors (Lipinski definition) is 3. The van der Waals surface area contributed by atoms with Gasteiger partial charge in [0, 0.05) is 19.0 Å². The van der Waals surface area contributed by atoms with Crippen LogP contribution in [0.4, 0.5) is 9.18 Å². The van der Waals surface area contributed by atoms with Crippen molar-refractivity contribution in [3.8, 4) is 0 Å². The van der Waals surface area contributed by atoms with Crippen molar-refractivity contribution in [2.45, 2.75) is 45.4 Å². The Balaban J connectivity index is 2.03. The quantitative estimate of drug-likeness (QED) is 0.904. The van der Waals surface area contributed by atoms with Gasteiger partial charge in [-0.05, 0) is 51.3 Å². The van der Waals surface area contributed by atoms with Gasteiger partial charge in [-0.25, -0.2) is 14.0 Å². The van der Waals surface area contributed by atoms with E-state index in [0.29, 0.717) is 25.1 Å². The van der Waals surface area contributed by atoms with Crippen LogP contribution < -0.4 is 0 Å². The highest BCUT2D eigenvalue weighted by molar-refractivity contribution is 5.87. The fraction of sp³-hybridized carbons (Fsp3) is 0.556. The molecular weight excluding hydrogens is 313 g/mol. The van der Waals surface area contributed by atoms with Crippen LogP contribution in [0, 0.1) is 5.92 Å². The number of carbonyl (C=O) groups is 2. The zero-order chi connectivity index (χ0) is 17.9. The number of nitrogens with zero attached hydrogens (tertiary/aromatic N) is 1. The zero-order valence-electron chi connectivity index (χ0n) is 14.3. The number of likely N-dealkylation sites (tertiary alicyclic amines) is 1. The maximum atomic E-state index is 14.8. The molecule has 2 atom stereocenters. The Morgan fingerprint density at radius 3 is 2.46 bits per heavy atom. The standard InChI is InChI=1S/C18H24FNO4/c1-18(2,3)24-17(23)20-10-4-5-14(11-20)15(19)12-6-8-13(9-7-12)16(21)22/h6-9,14-15H,4-5,10-11H2,1-3H3,(H,21,22). The number of hydrogen-bond donors (Lipinski definition) is 1. The largest absolute Gasteiger partial charge is 0.478 e. The lowest BCUT2D eigenvalue weighted by molar-refractivity contribution is 0.0109.